The van der Waals surface area contributed by atoms with Crippen molar-refractivity contribution >= 4 is 17.5 Å². The predicted octanol–water partition coefficient (Wildman–Crippen LogP) is 5.04. The molecule has 0 saturated carbocycles. The molecule has 0 aromatic rings. The van der Waals surface area contributed by atoms with Crippen LogP contribution in [-0.2, 0) is 23.8 Å². The fourth-order valence-electron chi connectivity index (χ4n) is 5.43. The summed E-state index contributed by atoms with van der Waals surface area (Å²) in [4.78, 5) is 32.9. The lowest BCUT2D eigenvalue weighted by atomic mass is 9.76. The van der Waals surface area contributed by atoms with Crippen LogP contribution in [0.2, 0.25) is 0 Å². The highest BCUT2D eigenvalue weighted by Gasteiger charge is 2.43. The molecule has 0 saturated heterocycles. The summed E-state index contributed by atoms with van der Waals surface area (Å²) in [5.41, 5.74) is 2.73. The van der Waals surface area contributed by atoms with Crippen molar-refractivity contribution in [1.82, 2.24) is 4.90 Å². The molecule has 1 heterocycles. The first kappa shape index (κ1) is 29.6. The van der Waals surface area contributed by atoms with Gasteiger partial charge < -0.3 is 19.1 Å². The zero-order valence-electron chi connectivity index (χ0n) is 23.5. The van der Waals surface area contributed by atoms with Crippen molar-refractivity contribution in [3.05, 3.63) is 46.9 Å². The van der Waals surface area contributed by atoms with Gasteiger partial charge in [0.1, 0.15) is 17.0 Å². The molecule has 1 aliphatic carbocycles. The summed E-state index contributed by atoms with van der Waals surface area (Å²) in [5, 5.41) is 0. The third-order valence-corrected chi connectivity index (χ3v) is 7.23. The van der Waals surface area contributed by atoms with Crippen molar-refractivity contribution in [2.75, 3.05) is 34.5 Å². The van der Waals surface area contributed by atoms with E-state index in [0.29, 0.717) is 12.4 Å². The number of carbonyl (C=O) groups is 2. The summed E-state index contributed by atoms with van der Waals surface area (Å²) in [5.74, 6) is 0.0892. The van der Waals surface area contributed by atoms with E-state index >= 15 is 0 Å². The Labute approximate surface area is 217 Å². The van der Waals surface area contributed by atoms with E-state index in [0.717, 1.165) is 29.7 Å². The Morgan fingerprint density at radius 2 is 1.92 bits per heavy atom. The Bertz CT molecular complexity index is 970. The first-order valence-corrected chi connectivity index (χ1v) is 12.9. The van der Waals surface area contributed by atoms with Crippen LogP contribution in [0.3, 0.4) is 0 Å². The lowest BCUT2D eigenvalue weighted by molar-refractivity contribution is -0.140. The summed E-state index contributed by atoms with van der Waals surface area (Å²) in [7, 11) is 5.10. The van der Waals surface area contributed by atoms with Crippen molar-refractivity contribution in [2.45, 2.75) is 72.9 Å². The fourth-order valence-corrected chi connectivity index (χ4v) is 5.43. The minimum atomic E-state index is -0.568. The molecule has 3 atom stereocenters. The molecule has 3 unspecified atom stereocenters. The highest BCUT2D eigenvalue weighted by molar-refractivity contribution is 6.18. The Morgan fingerprint density at radius 3 is 2.44 bits per heavy atom. The van der Waals surface area contributed by atoms with E-state index in [1.165, 1.54) is 0 Å². The number of rotatable bonds is 11. The molecule has 2 rings (SSSR count). The van der Waals surface area contributed by atoms with Crippen molar-refractivity contribution in [1.29, 1.82) is 0 Å². The Morgan fingerprint density at radius 1 is 1.22 bits per heavy atom. The first-order valence-electron chi connectivity index (χ1n) is 12.9. The van der Waals surface area contributed by atoms with Crippen LogP contribution >= 0.6 is 0 Å². The highest BCUT2D eigenvalue weighted by Crippen LogP contribution is 2.40. The van der Waals surface area contributed by atoms with Crippen molar-refractivity contribution in [2.24, 2.45) is 16.3 Å². The third-order valence-electron chi connectivity index (χ3n) is 7.23. The predicted molar refractivity (Wildman–Crippen MR) is 144 cm³/mol. The van der Waals surface area contributed by atoms with Crippen molar-refractivity contribution < 1.29 is 23.8 Å². The molecule has 7 heteroatoms. The fraction of sp³-hybridized carbons (Fsp3) is 0.621. The minimum absolute atomic E-state index is 0.00616. The Balaban J connectivity index is 2.83. The van der Waals surface area contributed by atoms with E-state index in [4.69, 9.17) is 14.2 Å². The summed E-state index contributed by atoms with van der Waals surface area (Å²) < 4.78 is 16.5. The van der Waals surface area contributed by atoms with Crippen LogP contribution in [0, 0.1) is 11.3 Å². The quantitative estimate of drug-likeness (QED) is 0.292. The van der Waals surface area contributed by atoms with Crippen LogP contribution in [0.15, 0.2) is 51.9 Å². The number of aliphatic imine (C=N–C) groups is 1. The second-order valence-electron chi connectivity index (χ2n) is 10.0. The van der Waals surface area contributed by atoms with Gasteiger partial charge in [-0.3, -0.25) is 9.79 Å². The van der Waals surface area contributed by atoms with E-state index in [9.17, 15) is 9.59 Å². The van der Waals surface area contributed by atoms with Gasteiger partial charge in [-0.1, -0.05) is 46.8 Å². The van der Waals surface area contributed by atoms with E-state index in [1.54, 1.807) is 34.4 Å². The van der Waals surface area contributed by atoms with Gasteiger partial charge in [0.25, 0.3) is 0 Å². The number of carbonyl (C=O) groups excluding carboxylic acids is 2. The number of Topliss-reactive ketones (excluding diaryl/α,β-unsaturated/α-hetero) is 1. The van der Waals surface area contributed by atoms with Crippen LogP contribution < -0.4 is 0 Å². The molecule has 1 aliphatic heterocycles. The first-order chi connectivity index (χ1) is 17.1. The van der Waals surface area contributed by atoms with Crippen LogP contribution in [0.4, 0.5) is 0 Å². The summed E-state index contributed by atoms with van der Waals surface area (Å²) >= 11 is 0. The molecule has 36 heavy (non-hydrogen) atoms. The number of nitrogens with zero attached hydrogens (tertiary/aromatic N) is 2. The van der Waals surface area contributed by atoms with Gasteiger partial charge in [0.15, 0.2) is 5.78 Å². The second kappa shape index (κ2) is 13.0. The zero-order valence-corrected chi connectivity index (χ0v) is 23.5. The number of hydrogen-bond donors (Lipinski definition) is 0. The maximum Gasteiger partial charge on any atom is 0.343 e. The summed E-state index contributed by atoms with van der Waals surface area (Å²) in [6, 6.07) is -0.244. The normalized spacial score (nSPS) is 22.7. The van der Waals surface area contributed by atoms with Crippen LogP contribution in [0.1, 0.15) is 60.8 Å². The van der Waals surface area contributed by atoms with Gasteiger partial charge in [0.05, 0.1) is 26.4 Å². The topological polar surface area (TPSA) is 77.4 Å². The number of hydrogen-bond acceptors (Lipinski definition) is 7. The van der Waals surface area contributed by atoms with Gasteiger partial charge in [0, 0.05) is 43.8 Å². The molecule has 200 valence electrons. The van der Waals surface area contributed by atoms with E-state index in [-0.39, 0.29) is 47.8 Å². The minimum Gasteiger partial charge on any atom is -0.494 e. The molecule has 0 aromatic heterocycles. The van der Waals surface area contributed by atoms with Gasteiger partial charge in [-0.05, 0) is 37.3 Å². The zero-order chi connectivity index (χ0) is 27.0. The average molecular weight is 501 g/mol. The second-order valence-corrected chi connectivity index (χ2v) is 10.0. The smallest absolute Gasteiger partial charge is 0.343 e. The van der Waals surface area contributed by atoms with Crippen LogP contribution in [-0.4, -0.2) is 68.9 Å². The SMILES string of the molecule is CCOC(=O)C1=CN(C(CC)C(C)(C)COC)C(/C(=C2\C=CC=C(OC)\C2=N\C)C(C)CC)CC1=O. The monoisotopic (exact) mass is 500 g/mol. The van der Waals surface area contributed by atoms with E-state index in [2.05, 4.69) is 50.6 Å². The highest BCUT2D eigenvalue weighted by atomic mass is 16.5. The average Bonchev–Trinajstić information content (AvgIpc) is 2.85. The number of esters is 1. The van der Waals surface area contributed by atoms with Crippen molar-refractivity contribution in [3.63, 3.8) is 0 Å². The van der Waals surface area contributed by atoms with Gasteiger partial charge in [-0.2, -0.15) is 0 Å². The van der Waals surface area contributed by atoms with E-state index < -0.39 is 5.97 Å². The maximum atomic E-state index is 13.4. The molecule has 0 amide bonds. The molecule has 0 aromatic carbocycles. The lowest BCUT2D eigenvalue weighted by Gasteiger charge is -2.48. The number of ketones is 1. The van der Waals surface area contributed by atoms with Crippen molar-refractivity contribution in [3.8, 4) is 0 Å². The molecule has 0 N–H and O–H groups in total. The maximum absolute atomic E-state index is 13.4. The Kier molecular flexibility index (Phi) is 10.7. The van der Waals surface area contributed by atoms with Crippen LogP contribution in [0.5, 0.6) is 0 Å². The molecule has 2 aliphatic rings. The molecular weight excluding hydrogens is 456 g/mol. The Hall–Kier alpha value is -2.67. The summed E-state index contributed by atoms with van der Waals surface area (Å²) in [6.45, 7) is 13.3. The largest absolute Gasteiger partial charge is 0.494 e. The molecular formula is C29H44N2O5. The number of methoxy groups -OCH3 is 2. The molecule has 7 nitrogen and oxygen atoms in total. The van der Waals surface area contributed by atoms with Gasteiger partial charge in [-0.25, -0.2) is 4.79 Å². The number of ether oxygens (including phenoxy) is 3. The van der Waals surface area contributed by atoms with Gasteiger partial charge in [-0.15, -0.1) is 0 Å². The third kappa shape index (κ3) is 6.17. The van der Waals surface area contributed by atoms with E-state index in [1.807, 2.05) is 12.2 Å². The van der Waals surface area contributed by atoms with Gasteiger partial charge in [0.2, 0.25) is 0 Å². The van der Waals surface area contributed by atoms with Crippen LogP contribution in [0.25, 0.3) is 0 Å². The standard InChI is InChI=1S/C29H44N2O5/c1-10-19(4)26(20-14-13-15-24(35-9)27(20)30-7)22-16-23(32)21(28(33)36-12-3)17-31(22)25(11-2)29(5,6)18-34-8/h13-15,17,19,22,25H,10-12,16,18H2,1-9H3/b26-20+,30-27+. The number of allylic oxidation sites excluding steroid dienone is 4. The molecule has 0 fully saturated rings. The molecule has 0 bridgehead atoms. The molecule has 0 radical (unpaired) electrons. The summed E-state index contributed by atoms with van der Waals surface area (Å²) in [6.07, 6.45) is 9.55. The molecule has 0 spiro atoms. The lowest BCUT2D eigenvalue weighted by Crippen LogP contribution is -2.53. The van der Waals surface area contributed by atoms with Gasteiger partial charge >= 0.3 is 5.97 Å².